The van der Waals surface area contributed by atoms with E-state index in [2.05, 4.69) is 17.3 Å². The normalized spacial score (nSPS) is 16.6. The Kier molecular flexibility index (Phi) is 5.37. The van der Waals surface area contributed by atoms with Crippen LogP contribution in [0.3, 0.4) is 0 Å². The number of fused-ring (bicyclic) bond motifs is 1. The van der Waals surface area contributed by atoms with E-state index < -0.39 is 5.54 Å². The van der Waals surface area contributed by atoms with E-state index in [-0.39, 0.29) is 23.8 Å². The second-order valence-electron chi connectivity index (χ2n) is 9.43. The molecule has 0 unspecified atom stereocenters. The van der Waals surface area contributed by atoms with Crippen LogP contribution in [-0.2, 0) is 0 Å². The SMILES string of the molecule is Cc1cc(C)cc(C(=O)N(NC(=O)c2ccc3c(c2C)O[C@@H](C2C#C2)CO3)C(C)(C)C)c1. The summed E-state index contributed by atoms with van der Waals surface area (Å²) in [6.07, 6.45) is -0.184. The topological polar surface area (TPSA) is 67.9 Å². The molecule has 2 aromatic carbocycles. The number of nitrogens with one attached hydrogen (secondary N) is 1. The van der Waals surface area contributed by atoms with Crippen molar-refractivity contribution >= 4 is 11.8 Å². The Bertz CT molecular complexity index is 1140. The fourth-order valence-corrected chi connectivity index (χ4v) is 3.84. The van der Waals surface area contributed by atoms with Crippen molar-refractivity contribution in [3.63, 3.8) is 0 Å². The lowest BCUT2D eigenvalue weighted by Crippen LogP contribution is -2.56. The minimum Gasteiger partial charge on any atom is -0.486 e. The van der Waals surface area contributed by atoms with Gasteiger partial charge in [-0.1, -0.05) is 29.0 Å². The summed E-state index contributed by atoms with van der Waals surface area (Å²) in [4.78, 5) is 26.6. The third kappa shape index (κ3) is 4.29. The quantitative estimate of drug-likeness (QED) is 0.589. The number of benzene rings is 2. The van der Waals surface area contributed by atoms with Gasteiger partial charge in [-0.25, -0.2) is 5.01 Å². The summed E-state index contributed by atoms with van der Waals surface area (Å²) >= 11 is 0. The summed E-state index contributed by atoms with van der Waals surface area (Å²) < 4.78 is 11.9. The lowest BCUT2D eigenvalue weighted by molar-refractivity contribution is 0.0357. The number of nitrogens with zero attached hydrogens (tertiary/aromatic N) is 1. The fraction of sp³-hybridized carbons (Fsp3) is 0.385. The molecular weight excluding hydrogens is 404 g/mol. The summed E-state index contributed by atoms with van der Waals surface area (Å²) in [5.74, 6) is 6.52. The van der Waals surface area contributed by atoms with E-state index in [9.17, 15) is 9.59 Å². The molecule has 166 valence electrons. The fourth-order valence-electron chi connectivity index (χ4n) is 3.84. The van der Waals surface area contributed by atoms with Crippen LogP contribution in [-0.4, -0.2) is 35.1 Å². The first-order chi connectivity index (χ1) is 15.0. The molecule has 0 aromatic heterocycles. The molecule has 2 aromatic rings. The highest BCUT2D eigenvalue weighted by atomic mass is 16.6. The second kappa shape index (κ2) is 7.90. The molecule has 6 heteroatoms. The van der Waals surface area contributed by atoms with Crippen LogP contribution < -0.4 is 14.9 Å². The monoisotopic (exact) mass is 432 g/mol. The molecule has 0 saturated carbocycles. The molecule has 1 aliphatic heterocycles. The maximum Gasteiger partial charge on any atom is 0.272 e. The zero-order valence-corrected chi connectivity index (χ0v) is 19.3. The average Bonchev–Trinajstić information content (AvgIpc) is 3.55. The number of rotatable bonds is 3. The van der Waals surface area contributed by atoms with Gasteiger partial charge in [-0.3, -0.25) is 15.0 Å². The van der Waals surface area contributed by atoms with Crippen LogP contribution in [0.5, 0.6) is 11.5 Å². The molecule has 2 amide bonds. The van der Waals surface area contributed by atoms with E-state index in [0.29, 0.717) is 34.8 Å². The Morgan fingerprint density at radius 2 is 1.72 bits per heavy atom. The molecule has 1 heterocycles. The van der Waals surface area contributed by atoms with Crippen molar-refractivity contribution in [2.75, 3.05) is 6.61 Å². The van der Waals surface area contributed by atoms with Gasteiger partial charge in [-0.05, 0) is 65.8 Å². The highest BCUT2D eigenvalue weighted by Gasteiger charge is 2.34. The Labute approximate surface area is 188 Å². The van der Waals surface area contributed by atoms with E-state index in [4.69, 9.17) is 9.47 Å². The number of carbonyl (C=O) groups is 2. The zero-order valence-electron chi connectivity index (χ0n) is 19.3. The van der Waals surface area contributed by atoms with Crippen molar-refractivity contribution < 1.29 is 19.1 Å². The van der Waals surface area contributed by atoms with Crippen LogP contribution >= 0.6 is 0 Å². The Morgan fingerprint density at radius 1 is 1.06 bits per heavy atom. The molecule has 0 radical (unpaired) electrons. The van der Waals surface area contributed by atoms with Crippen molar-refractivity contribution in [2.24, 2.45) is 5.92 Å². The van der Waals surface area contributed by atoms with Crippen LogP contribution in [0.25, 0.3) is 0 Å². The lowest BCUT2D eigenvalue weighted by Gasteiger charge is -2.36. The van der Waals surface area contributed by atoms with Crippen LogP contribution in [0.4, 0.5) is 0 Å². The van der Waals surface area contributed by atoms with Gasteiger partial charge in [0.05, 0.1) is 5.54 Å². The number of aryl methyl sites for hydroxylation is 2. The lowest BCUT2D eigenvalue weighted by atomic mass is 10.0. The van der Waals surface area contributed by atoms with Gasteiger partial charge in [-0.2, -0.15) is 0 Å². The number of hydrogen-bond donors (Lipinski definition) is 1. The molecule has 0 saturated heterocycles. The number of ether oxygens (including phenoxy) is 2. The van der Waals surface area contributed by atoms with Crippen LogP contribution in [0.2, 0.25) is 0 Å². The molecule has 0 spiro atoms. The van der Waals surface area contributed by atoms with E-state index >= 15 is 0 Å². The van der Waals surface area contributed by atoms with E-state index in [1.54, 1.807) is 12.1 Å². The van der Waals surface area contributed by atoms with Gasteiger partial charge in [0.1, 0.15) is 12.5 Å². The summed E-state index contributed by atoms with van der Waals surface area (Å²) in [7, 11) is 0. The summed E-state index contributed by atoms with van der Waals surface area (Å²) in [5, 5.41) is 1.39. The minimum atomic E-state index is -0.638. The van der Waals surface area contributed by atoms with Gasteiger partial charge >= 0.3 is 0 Å². The first-order valence-corrected chi connectivity index (χ1v) is 10.7. The van der Waals surface area contributed by atoms with Crippen LogP contribution in [0, 0.1) is 38.5 Å². The first-order valence-electron chi connectivity index (χ1n) is 10.7. The molecule has 0 bridgehead atoms. The summed E-state index contributed by atoms with van der Waals surface area (Å²) in [6, 6.07) is 9.10. The molecule has 1 atom stereocenters. The summed E-state index contributed by atoms with van der Waals surface area (Å²) in [5.41, 5.74) is 5.79. The van der Waals surface area contributed by atoms with E-state index in [1.165, 1.54) is 5.01 Å². The van der Waals surface area contributed by atoms with Crippen molar-refractivity contribution in [3.05, 3.63) is 58.1 Å². The second-order valence-corrected chi connectivity index (χ2v) is 9.43. The van der Waals surface area contributed by atoms with Crippen molar-refractivity contribution in [1.82, 2.24) is 10.4 Å². The smallest absolute Gasteiger partial charge is 0.272 e. The molecule has 32 heavy (non-hydrogen) atoms. The van der Waals surface area contributed by atoms with Gasteiger partial charge < -0.3 is 9.47 Å². The number of hydrazine groups is 1. The number of hydrogen-bond acceptors (Lipinski definition) is 4. The Morgan fingerprint density at radius 3 is 2.31 bits per heavy atom. The number of carbonyl (C=O) groups excluding carboxylic acids is 2. The third-order valence-corrected chi connectivity index (χ3v) is 5.53. The Balaban J connectivity index is 1.60. The highest BCUT2D eigenvalue weighted by Crippen LogP contribution is 2.38. The van der Waals surface area contributed by atoms with Crippen molar-refractivity contribution in [2.45, 2.75) is 53.2 Å². The first kappa shape index (κ1) is 21.8. The van der Waals surface area contributed by atoms with E-state index in [1.807, 2.05) is 59.7 Å². The minimum absolute atomic E-state index is 0.0341. The molecule has 4 rings (SSSR count). The van der Waals surface area contributed by atoms with Gasteiger partial charge in [0.15, 0.2) is 17.6 Å². The largest absolute Gasteiger partial charge is 0.486 e. The standard InChI is InChI=1S/C26H28N2O4/c1-15-11-16(2)13-19(12-15)25(30)28(26(4,5)6)27-24(29)20-9-10-21-23(17(20)3)32-22(14-31-21)18-7-8-18/h9-13,18,22H,14H2,1-6H3,(H,27,29)/t22-/m1/s1. The zero-order chi connectivity index (χ0) is 23.2. The molecule has 0 fully saturated rings. The summed E-state index contributed by atoms with van der Waals surface area (Å²) in [6.45, 7) is 11.8. The molecular formula is C26H28N2O4. The highest BCUT2D eigenvalue weighted by molar-refractivity contribution is 6.00. The van der Waals surface area contributed by atoms with Gasteiger partial charge in [-0.15, -0.1) is 0 Å². The molecule has 2 aliphatic rings. The van der Waals surface area contributed by atoms with Crippen LogP contribution in [0.15, 0.2) is 30.3 Å². The van der Waals surface area contributed by atoms with Crippen molar-refractivity contribution in [3.8, 4) is 23.3 Å². The van der Waals surface area contributed by atoms with Crippen molar-refractivity contribution in [1.29, 1.82) is 0 Å². The average molecular weight is 433 g/mol. The maximum atomic E-state index is 13.4. The number of amides is 2. The predicted molar refractivity (Wildman–Crippen MR) is 122 cm³/mol. The van der Waals surface area contributed by atoms with Gasteiger partial charge in [0, 0.05) is 16.7 Å². The van der Waals surface area contributed by atoms with Gasteiger partial charge in [0.2, 0.25) is 0 Å². The predicted octanol–water partition coefficient (Wildman–Crippen LogP) is 3.97. The molecule has 6 nitrogen and oxygen atoms in total. The third-order valence-electron chi connectivity index (χ3n) is 5.53. The molecule has 1 N–H and O–H groups in total. The van der Waals surface area contributed by atoms with Gasteiger partial charge in [0.25, 0.3) is 11.8 Å². The maximum absolute atomic E-state index is 13.4. The molecule has 1 aliphatic carbocycles. The van der Waals surface area contributed by atoms with E-state index in [0.717, 1.165) is 11.1 Å². The Hall–Kier alpha value is -3.46. The van der Waals surface area contributed by atoms with Crippen LogP contribution in [0.1, 0.15) is 58.2 Å².